The third kappa shape index (κ3) is 2.07. The van der Waals surface area contributed by atoms with E-state index in [1.807, 2.05) is 18.7 Å². The van der Waals surface area contributed by atoms with Crippen molar-refractivity contribution in [1.29, 1.82) is 0 Å². The van der Waals surface area contributed by atoms with Crippen molar-refractivity contribution in [2.45, 2.75) is 36.8 Å². The minimum absolute atomic E-state index is 0.0948. The van der Waals surface area contributed by atoms with E-state index in [1.165, 1.54) is 11.3 Å². The van der Waals surface area contributed by atoms with E-state index in [4.69, 9.17) is 15.5 Å². The lowest BCUT2D eigenvalue weighted by molar-refractivity contribution is 0.193. The second kappa shape index (κ2) is 4.55. The Morgan fingerprint density at radius 3 is 3.06 bits per heavy atom. The van der Waals surface area contributed by atoms with Crippen LogP contribution in [0.25, 0.3) is 0 Å². The highest BCUT2D eigenvalue weighted by Crippen LogP contribution is 2.36. The average molecular weight is 251 g/mol. The first-order chi connectivity index (χ1) is 8.25. The molecule has 0 bridgehead atoms. The summed E-state index contributed by atoms with van der Waals surface area (Å²) in [5, 5.41) is 1.15. The van der Waals surface area contributed by atoms with Gasteiger partial charge >= 0.3 is 0 Å². The SMILES string of the molecule is CC(N)c1nc2c(c(C3CCOC3)n1)CCS2. The summed E-state index contributed by atoms with van der Waals surface area (Å²) >= 11 is 1.82. The molecule has 0 aliphatic carbocycles. The summed E-state index contributed by atoms with van der Waals surface area (Å²) in [6.07, 6.45) is 2.16. The van der Waals surface area contributed by atoms with Gasteiger partial charge in [0, 0.05) is 23.8 Å². The highest BCUT2D eigenvalue weighted by atomic mass is 32.2. The molecule has 1 saturated heterocycles. The van der Waals surface area contributed by atoms with E-state index in [-0.39, 0.29) is 6.04 Å². The summed E-state index contributed by atoms with van der Waals surface area (Å²) in [5.41, 5.74) is 8.45. The lowest BCUT2D eigenvalue weighted by Crippen LogP contribution is -2.15. The van der Waals surface area contributed by atoms with Gasteiger partial charge in [-0.1, -0.05) is 0 Å². The van der Waals surface area contributed by atoms with E-state index in [1.54, 1.807) is 0 Å². The predicted octanol–water partition coefficient (Wildman–Crippen LogP) is 1.65. The van der Waals surface area contributed by atoms with E-state index in [2.05, 4.69) is 4.98 Å². The first-order valence-electron chi connectivity index (χ1n) is 6.12. The number of thioether (sulfide) groups is 1. The zero-order valence-electron chi connectivity index (χ0n) is 9.98. The van der Waals surface area contributed by atoms with Crippen LogP contribution in [0.15, 0.2) is 5.03 Å². The van der Waals surface area contributed by atoms with E-state index < -0.39 is 0 Å². The molecule has 0 radical (unpaired) electrons. The van der Waals surface area contributed by atoms with Crippen LogP contribution in [0.5, 0.6) is 0 Å². The van der Waals surface area contributed by atoms with Gasteiger partial charge in [-0.2, -0.15) is 0 Å². The maximum absolute atomic E-state index is 5.91. The number of fused-ring (bicyclic) bond motifs is 1. The molecule has 1 aromatic rings. The predicted molar refractivity (Wildman–Crippen MR) is 67.2 cm³/mol. The van der Waals surface area contributed by atoms with Crippen LogP contribution in [-0.4, -0.2) is 28.9 Å². The number of nitrogens with two attached hydrogens (primary N) is 1. The topological polar surface area (TPSA) is 61.0 Å². The molecule has 2 unspecified atom stereocenters. The Morgan fingerprint density at radius 2 is 2.35 bits per heavy atom. The Balaban J connectivity index is 2.05. The number of aromatic nitrogens is 2. The van der Waals surface area contributed by atoms with Gasteiger partial charge in [-0.25, -0.2) is 9.97 Å². The second-order valence-corrected chi connectivity index (χ2v) is 5.78. The molecule has 2 atom stereocenters. The number of hydrogen-bond donors (Lipinski definition) is 1. The van der Waals surface area contributed by atoms with Gasteiger partial charge in [0.25, 0.3) is 0 Å². The first kappa shape index (κ1) is 11.4. The maximum Gasteiger partial charge on any atom is 0.146 e. The Kier molecular flexibility index (Phi) is 3.06. The van der Waals surface area contributed by atoms with Crippen LogP contribution in [0, 0.1) is 0 Å². The van der Waals surface area contributed by atoms with Crippen molar-refractivity contribution >= 4 is 11.8 Å². The summed E-state index contributed by atoms with van der Waals surface area (Å²) < 4.78 is 5.47. The fourth-order valence-corrected chi connectivity index (χ4v) is 3.43. The molecule has 3 rings (SSSR count). The van der Waals surface area contributed by atoms with Crippen LogP contribution in [0.3, 0.4) is 0 Å². The Labute approximate surface area is 105 Å². The number of nitrogens with zero attached hydrogens (tertiary/aromatic N) is 2. The van der Waals surface area contributed by atoms with Crippen LogP contribution in [0.2, 0.25) is 0 Å². The Bertz CT molecular complexity index is 430. The molecule has 2 N–H and O–H groups in total. The molecular weight excluding hydrogens is 234 g/mol. The van der Waals surface area contributed by atoms with Crippen molar-refractivity contribution in [2.75, 3.05) is 19.0 Å². The van der Waals surface area contributed by atoms with Crippen molar-refractivity contribution in [3.8, 4) is 0 Å². The van der Waals surface area contributed by atoms with Gasteiger partial charge < -0.3 is 10.5 Å². The van der Waals surface area contributed by atoms with Crippen LogP contribution in [-0.2, 0) is 11.2 Å². The molecule has 1 aromatic heterocycles. The normalized spacial score (nSPS) is 24.9. The minimum atomic E-state index is -0.0948. The highest BCUT2D eigenvalue weighted by molar-refractivity contribution is 7.99. The molecule has 0 amide bonds. The van der Waals surface area contributed by atoms with Crippen molar-refractivity contribution in [1.82, 2.24) is 9.97 Å². The van der Waals surface area contributed by atoms with Crippen molar-refractivity contribution in [3.05, 3.63) is 17.1 Å². The zero-order valence-corrected chi connectivity index (χ0v) is 10.8. The molecule has 0 aromatic carbocycles. The molecule has 1 fully saturated rings. The number of ether oxygens (including phenoxy) is 1. The summed E-state index contributed by atoms with van der Waals surface area (Å²) in [6.45, 7) is 3.59. The monoisotopic (exact) mass is 251 g/mol. The summed E-state index contributed by atoms with van der Waals surface area (Å²) in [4.78, 5) is 9.27. The van der Waals surface area contributed by atoms with Crippen molar-refractivity contribution in [3.63, 3.8) is 0 Å². The molecule has 4 nitrogen and oxygen atoms in total. The molecule has 3 heterocycles. The van der Waals surface area contributed by atoms with E-state index in [0.717, 1.165) is 42.7 Å². The molecule has 92 valence electrons. The summed E-state index contributed by atoms with van der Waals surface area (Å²) in [7, 11) is 0. The smallest absolute Gasteiger partial charge is 0.146 e. The van der Waals surface area contributed by atoms with Gasteiger partial charge in [-0.15, -0.1) is 11.8 Å². The van der Waals surface area contributed by atoms with Gasteiger partial charge in [0.1, 0.15) is 10.9 Å². The van der Waals surface area contributed by atoms with Gasteiger partial charge in [-0.05, 0) is 19.8 Å². The number of hydrogen-bond acceptors (Lipinski definition) is 5. The lowest BCUT2D eigenvalue weighted by Gasteiger charge is -2.14. The van der Waals surface area contributed by atoms with Crippen LogP contribution in [0.4, 0.5) is 0 Å². The van der Waals surface area contributed by atoms with Gasteiger partial charge in [0.15, 0.2) is 0 Å². The third-order valence-corrected chi connectivity index (χ3v) is 4.35. The first-order valence-corrected chi connectivity index (χ1v) is 7.11. The largest absolute Gasteiger partial charge is 0.381 e. The summed E-state index contributed by atoms with van der Waals surface area (Å²) in [6, 6.07) is -0.0948. The molecule has 2 aliphatic rings. The van der Waals surface area contributed by atoms with Crippen molar-refractivity contribution < 1.29 is 4.74 Å². The fraction of sp³-hybridized carbons (Fsp3) is 0.667. The van der Waals surface area contributed by atoms with Crippen LogP contribution >= 0.6 is 11.8 Å². The van der Waals surface area contributed by atoms with Gasteiger partial charge in [0.05, 0.1) is 18.3 Å². The van der Waals surface area contributed by atoms with E-state index >= 15 is 0 Å². The average Bonchev–Trinajstić information content (AvgIpc) is 2.98. The highest BCUT2D eigenvalue weighted by Gasteiger charge is 2.28. The van der Waals surface area contributed by atoms with Crippen LogP contribution in [0.1, 0.15) is 42.4 Å². The standard InChI is InChI=1S/C12H17N3OS/c1-7(13)11-14-10(8-2-4-16-6-8)9-3-5-17-12(9)15-11/h7-8H,2-6,13H2,1H3. The molecule has 5 heteroatoms. The van der Waals surface area contributed by atoms with Gasteiger partial charge in [-0.3, -0.25) is 0 Å². The van der Waals surface area contributed by atoms with Crippen molar-refractivity contribution in [2.24, 2.45) is 5.73 Å². The summed E-state index contributed by atoms with van der Waals surface area (Å²) in [5.74, 6) is 2.34. The molecule has 0 saturated carbocycles. The molecule has 2 aliphatic heterocycles. The number of rotatable bonds is 2. The Hall–Kier alpha value is -0.650. The second-order valence-electron chi connectivity index (χ2n) is 4.70. The van der Waals surface area contributed by atoms with E-state index in [0.29, 0.717) is 5.92 Å². The van der Waals surface area contributed by atoms with Crippen LogP contribution < -0.4 is 5.73 Å². The zero-order chi connectivity index (χ0) is 11.8. The van der Waals surface area contributed by atoms with Gasteiger partial charge in [0.2, 0.25) is 0 Å². The molecular formula is C12H17N3OS. The third-order valence-electron chi connectivity index (χ3n) is 3.33. The molecule has 0 spiro atoms. The molecule has 17 heavy (non-hydrogen) atoms. The minimum Gasteiger partial charge on any atom is -0.381 e. The van der Waals surface area contributed by atoms with E-state index in [9.17, 15) is 0 Å². The quantitative estimate of drug-likeness (QED) is 0.810. The lowest BCUT2D eigenvalue weighted by atomic mass is 9.99. The fourth-order valence-electron chi connectivity index (χ4n) is 2.39. The Morgan fingerprint density at radius 1 is 1.47 bits per heavy atom. The maximum atomic E-state index is 5.91.